The Morgan fingerprint density at radius 3 is 2.29 bits per heavy atom. The number of piperidine rings is 1. The molecule has 132 valence electrons. The fraction of sp³-hybridized carbons (Fsp3) is 0.600. The lowest BCUT2D eigenvalue weighted by Gasteiger charge is -2.31. The van der Waals surface area contributed by atoms with E-state index in [0.29, 0.717) is 13.0 Å². The van der Waals surface area contributed by atoms with E-state index in [0.717, 1.165) is 37.2 Å². The minimum absolute atomic E-state index is 0.0156. The van der Waals surface area contributed by atoms with Crippen LogP contribution in [0.4, 0.5) is 5.69 Å². The maximum atomic E-state index is 12.4. The van der Waals surface area contributed by atoms with Crippen LogP contribution >= 0.6 is 0 Å². The van der Waals surface area contributed by atoms with E-state index in [1.807, 2.05) is 23.1 Å². The van der Waals surface area contributed by atoms with Gasteiger partial charge in [0.05, 0.1) is 0 Å². The Balaban J connectivity index is 2.13. The number of carbonyl (C=O) groups excluding carboxylic acids is 2. The molecule has 1 aromatic rings. The van der Waals surface area contributed by atoms with Crippen molar-refractivity contribution in [3.63, 3.8) is 0 Å². The number of benzene rings is 1. The average Bonchev–Trinajstić information content (AvgIpc) is 2.55. The Morgan fingerprint density at radius 2 is 1.71 bits per heavy atom. The van der Waals surface area contributed by atoms with Crippen molar-refractivity contribution in [2.45, 2.75) is 58.8 Å². The van der Waals surface area contributed by atoms with Gasteiger partial charge in [-0.05, 0) is 36.3 Å². The van der Waals surface area contributed by atoms with Crippen LogP contribution in [0.1, 0.15) is 58.9 Å². The van der Waals surface area contributed by atoms with Gasteiger partial charge in [0, 0.05) is 38.7 Å². The van der Waals surface area contributed by atoms with Crippen molar-refractivity contribution < 1.29 is 9.59 Å². The molecule has 0 N–H and O–H groups in total. The van der Waals surface area contributed by atoms with Gasteiger partial charge in [-0.2, -0.15) is 0 Å². The van der Waals surface area contributed by atoms with Crippen LogP contribution in [0, 0.1) is 0 Å². The molecule has 0 bridgehead atoms. The topological polar surface area (TPSA) is 40.6 Å². The molecule has 1 aromatic carbocycles. The molecule has 0 atom stereocenters. The summed E-state index contributed by atoms with van der Waals surface area (Å²) >= 11 is 0. The zero-order chi connectivity index (χ0) is 17.7. The normalized spacial score (nSPS) is 15.2. The highest BCUT2D eigenvalue weighted by Gasteiger charge is 2.24. The van der Waals surface area contributed by atoms with Gasteiger partial charge in [0.2, 0.25) is 11.8 Å². The lowest BCUT2D eigenvalue weighted by Crippen LogP contribution is -2.39. The minimum atomic E-state index is -0.0544. The van der Waals surface area contributed by atoms with Crippen LogP contribution < -0.4 is 4.90 Å². The third-order valence-electron chi connectivity index (χ3n) is 4.64. The van der Waals surface area contributed by atoms with E-state index >= 15 is 0 Å². The fourth-order valence-electron chi connectivity index (χ4n) is 3.30. The van der Waals surface area contributed by atoms with Crippen LogP contribution in [0.2, 0.25) is 0 Å². The molecule has 1 fully saturated rings. The highest BCUT2D eigenvalue weighted by Crippen LogP contribution is 2.32. The highest BCUT2D eigenvalue weighted by atomic mass is 16.2. The number of nitrogens with zero attached hydrogens (tertiary/aromatic N) is 2. The van der Waals surface area contributed by atoms with Gasteiger partial charge in [-0.1, -0.05) is 39.0 Å². The Labute approximate surface area is 145 Å². The first-order valence-corrected chi connectivity index (χ1v) is 8.96. The molecule has 4 heteroatoms. The Hall–Kier alpha value is -1.84. The highest BCUT2D eigenvalue weighted by molar-refractivity contribution is 5.93. The van der Waals surface area contributed by atoms with Crippen molar-refractivity contribution in [3.8, 4) is 0 Å². The Kier molecular flexibility index (Phi) is 6.03. The van der Waals surface area contributed by atoms with Crippen molar-refractivity contribution in [1.82, 2.24) is 4.90 Å². The number of hydrogen-bond donors (Lipinski definition) is 0. The van der Waals surface area contributed by atoms with E-state index in [2.05, 4.69) is 26.8 Å². The number of carbonyl (C=O) groups is 2. The zero-order valence-electron chi connectivity index (χ0n) is 15.5. The number of para-hydroxylation sites is 1. The summed E-state index contributed by atoms with van der Waals surface area (Å²) in [4.78, 5) is 28.3. The summed E-state index contributed by atoms with van der Waals surface area (Å²) in [7, 11) is 0. The third kappa shape index (κ3) is 4.59. The largest absolute Gasteiger partial charge is 0.343 e. The summed E-state index contributed by atoms with van der Waals surface area (Å²) in [6.45, 7) is 10.2. The molecule has 0 unspecified atom stereocenters. The van der Waals surface area contributed by atoms with Crippen LogP contribution in [0.3, 0.4) is 0 Å². The van der Waals surface area contributed by atoms with Crippen LogP contribution in [-0.4, -0.2) is 36.3 Å². The van der Waals surface area contributed by atoms with Crippen LogP contribution in [0.25, 0.3) is 0 Å². The number of amides is 2. The average molecular weight is 330 g/mol. The molecule has 1 heterocycles. The second-order valence-corrected chi connectivity index (χ2v) is 7.63. The summed E-state index contributed by atoms with van der Waals surface area (Å²) in [5.74, 6) is 0.146. The molecule has 24 heavy (non-hydrogen) atoms. The third-order valence-corrected chi connectivity index (χ3v) is 4.64. The van der Waals surface area contributed by atoms with Crippen molar-refractivity contribution >= 4 is 17.5 Å². The molecule has 0 aromatic heterocycles. The van der Waals surface area contributed by atoms with E-state index in [4.69, 9.17) is 0 Å². The maximum Gasteiger partial charge on any atom is 0.224 e. The van der Waals surface area contributed by atoms with Gasteiger partial charge >= 0.3 is 0 Å². The van der Waals surface area contributed by atoms with Gasteiger partial charge in [0.25, 0.3) is 0 Å². The summed E-state index contributed by atoms with van der Waals surface area (Å²) in [6.07, 6.45) is 3.78. The summed E-state index contributed by atoms with van der Waals surface area (Å²) < 4.78 is 0. The standard InChI is InChI=1S/C20H30N2O2/c1-16(23)22(15-12-19(24)21-13-8-5-9-14-21)18-11-7-6-10-17(18)20(2,3)4/h6-7,10-11H,5,8-9,12-15H2,1-4H3. The lowest BCUT2D eigenvalue weighted by molar-refractivity contribution is -0.131. The van der Waals surface area contributed by atoms with Crippen molar-refractivity contribution in [1.29, 1.82) is 0 Å². The maximum absolute atomic E-state index is 12.4. The van der Waals surface area contributed by atoms with Crippen LogP contribution in [-0.2, 0) is 15.0 Å². The lowest BCUT2D eigenvalue weighted by atomic mass is 9.85. The molecular formula is C20H30N2O2. The first kappa shape index (κ1) is 18.5. The molecule has 1 aliphatic heterocycles. The smallest absolute Gasteiger partial charge is 0.224 e. The zero-order valence-corrected chi connectivity index (χ0v) is 15.5. The second kappa shape index (κ2) is 7.82. The Morgan fingerprint density at radius 1 is 1.08 bits per heavy atom. The molecule has 0 saturated carbocycles. The van der Waals surface area contributed by atoms with Gasteiger partial charge in [-0.3, -0.25) is 9.59 Å². The summed E-state index contributed by atoms with van der Waals surface area (Å²) in [6, 6.07) is 8.00. The molecule has 0 spiro atoms. The van der Waals surface area contributed by atoms with Crippen molar-refractivity contribution in [2.24, 2.45) is 0 Å². The molecule has 2 rings (SSSR count). The van der Waals surface area contributed by atoms with Crippen molar-refractivity contribution in [3.05, 3.63) is 29.8 Å². The number of anilines is 1. The summed E-state index contributed by atoms with van der Waals surface area (Å²) in [5.41, 5.74) is 2.00. The summed E-state index contributed by atoms with van der Waals surface area (Å²) in [5, 5.41) is 0. The molecular weight excluding hydrogens is 300 g/mol. The number of rotatable bonds is 4. The van der Waals surface area contributed by atoms with E-state index < -0.39 is 0 Å². The van der Waals surface area contributed by atoms with Crippen molar-refractivity contribution in [2.75, 3.05) is 24.5 Å². The van der Waals surface area contributed by atoms with E-state index in [9.17, 15) is 9.59 Å². The monoisotopic (exact) mass is 330 g/mol. The molecule has 4 nitrogen and oxygen atoms in total. The number of hydrogen-bond acceptors (Lipinski definition) is 2. The molecule has 1 saturated heterocycles. The minimum Gasteiger partial charge on any atom is -0.343 e. The predicted molar refractivity (Wildman–Crippen MR) is 98.2 cm³/mol. The van der Waals surface area contributed by atoms with E-state index in [1.54, 1.807) is 11.8 Å². The number of likely N-dealkylation sites (tertiary alicyclic amines) is 1. The Bertz CT molecular complexity index is 584. The quantitative estimate of drug-likeness (QED) is 0.844. The first-order valence-electron chi connectivity index (χ1n) is 8.96. The van der Waals surface area contributed by atoms with E-state index in [-0.39, 0.29) is 17.2 Å². The van der Waals surface area contributed by atoms with E-state index in [1.165, 1.54) is 6.42 Å². The van der Waals surface area contributed by atoms with Gasteiger partial charge < -0.3 is 9.80 Å². The van der Waals surface area contributed by atoms with Gasteiger partial charge in [0.1, 0.15) is 0 Å². The predicted octanol–water partition coefficient (Wildman–Crippen LogP) is 3.74. The van der Waals surface area contributed by atoms with Gasteiger partial charge in [-0.25, -0.2) is 0 Å². The SMILES string of the molecule is CC(=O)N(CCC(=O)N1CCCCC1)c1ccccc1C(C)(C)C. The molecule has 0 aliphatic carbocycles. The molecule has 1 aliphatic rings. The second-order valence-electron chi connectivity index (χ2n) is 7.63. The van der Waals surface area contributed by atoms with Crippen LogP contribution in [0.15, 0.2) is 24.3 Å². The van der Waals surface area contributed by atoms with Gasteiger partial charge in [-0.15, -0.1) is 0 Å². The van der Waals surface area contributed by atoms with Crippen LogP contribution in [0.5, 0.6) is 0 Å². The fourth-order valence-corrected chi connectivity index (χ4v) is 3.30. The van der Waals surface area contributed by atoms with Gasteiger partial charge in [0.15, 0.2) is 0 Å². The molecule has 0 radical (unpaired) electrons. The molecule has 2 amide bonds. The first-order chi connectivity index (χ1) is 11.3.